The van der Waals surface area contributed by atoms with Crippen LogP contribution in [0.25, 0.3) is 0 Å². The maximum absolute atomic E-state index is 13.7. The average molecular weight is 1740 g/mol. The molecule has 0 aliphatic carbocycles. The van der Waals surface area contributed by atoms with Crippen molar-refractivity contribution in [1.29, 1.82) is 0 Å². The number of carboxylic acids is 7. The van der Waals surface area contributed by atoms with Gasteiger partial charge in [-0.05, 0) is 172 Å². The van der Waals surface area contributed by atoms with E-state index in [0.717, 1.165) is 89.9 Å². The van der Waals surface area contributed by atoms with Crippen LogP contribution in [0.4, 0.5) is 0 Å². The Balaban J connectivity index is 1.61. The van der Waals surface area contributed by atoms with Gasteiger partial charge in [0.15, 0.2) is 5.78 Å². The average Bonchev–Trinajstić information content (AvgIpc) is 0.871. The number of hydrogen-bond acceptors (Lipinski definition) is 22. The fraction of sp³-hybridized carbons (Fsp3) is 0.674. The van der Waals surface area contributed by atoms with Crippen LogP contribution in [-0.4, -0.2) is 199 Å². The maximum Gasteiger partial charge on any atom is 0.335 e. The Kier molecular flexibility index (Phi) is 56.5. The Hall–Kier alpha value is -10.1. The van der Waals surface area contributed by atoms with Crippen LogP contribution < -0.4 is 53.3 Å². The first kappa shape index (κ1) is 109. The topological polar surface area (TPSA) is 588 Å². The molecule has 0 unspecified atom stereocenters. The minimum atomic E-state index is -1.40. The van der Waals surface area contributed by atoms with Gasteiger partial charge < -0.3 is 89.0 Å². The molecular formula is C89H138N8O26. The molecule has 2 aromatic carbocycles. The van der Waals surface area contributed by atoms with Crippen LogP contribution in [0.5, 0.6) is 11.5 Å². The predicted molar refractivity (Wildman–Crippen MR) is 455 cm³/mol. The summed E-state index contributed by atoms with van der Waals surface area (Å²) in [6.45, 7) is 4.60. The van der Waals surface area contributed by atoms with Gasteiger partial charge in [0.25, 0.3) is 0 Å². The number of aliphatic carboxylic acids is 5. The second kappa shape index (κ2) is 63.8. The number of ketones is 5. The van der Waals surface area contributed by atoms with Gasteiger partial charge in [-0.25, -0.2) is 19.2 Å². The molecule has 0 saturated heterocycles. The highest BCUT2D eigenvalue weighted by atomic mass is 16.5. The molecule has 0 saturated carbocycles. The Labute approximate surface area is 721 Å². The van der Waals surface area contributed by atoms with Crippen LogP contribution >= 0.6 is 0 Å². The van der Waals surface area contributed by atoms with Crippen molar-refractivity contribution < 1.29 is 127 Å². The minimum absolute atomic E-state index is 0.0931. The van der Waals surface area contributed by atoms with E-state index >= 15 is 0 Å². The van der Waals surface area contributed by atoms with E-state index in [2.05, 4.69) is 26.6 Å². The van der Waals surface area contributed by atoms with Crippen molar-refractivity contribution in [2.24, 2.45) is 40.9 Å². The molecule has 2 aromatic rings. The van der Waals surface area contributed by atoms with Crippen LogP contribution in [0.3, 0.4) is 0 Å². The monoisotopic (exact) mass is 1730 g/mol. The summed E-state index contributed by atoms with van der Waals surface area (Å²) in [6, 6.07) is 7.94. The first-order valence-corrected chi connectivity index (χ1v) is 43.9. The quantitative estimate of drug-likeness (QED) is 0.0274. The van der Waals surface area contributed by atoms with Gasteiger partial charge >= 0.3 is 41.8 Å². The zero-order valence-corrected chi connectivity index (χ0v) is 72.0. The summed E-state index contributed by atoms with van der Waals surface area (Å²) in [5.74, 6) is -15.9. The third-order valence-electron chi connectivity index (χ3n) is 21.5. The van der Waals surface area contributed by atoms with E-state index in [0.29, 0.717) is 102 Å². The molecule has 34 heteroatoms. The number of hydrogen-bond donors (Lipinski definition) is 15. The van der Waals surface area contributed by atoms with Crippen molar-refractivity contribution in [3.63, 3.8) is 0 Å². The van der Waals surface area contributed by atoms with Gasteiger partial charge in [-0.3, -0.25) is 62.3 Å². The number of carbonyl (C=O) groups is 17. The lowest BCUT2D eigenvalue weighted by Crippen LogP contribution is -2.43. The van der Waals surface area contributed by atoms with Crippen LogP contribution in [0.1, 0.15) is 317 Å². The Bertz CT molecular complexity index is 3620. The molecule has 0 fully saturated rings. The Morgan fingerprint density at radius 2 is 0.659 bits per heavy atom. The van der Waals surface area contributed by atoms with Crippen molar-refractivity contribution >= 4 is 100 Å². The van der Waals surface area contributed by atoms with Gasteiger partial charge in [0.1, 0.15) is 46.7 Å². The zero-order valence-electron chi connectivity index (χ0n) is 72.0. The van der Waals surface area contributed by atoms with E-state index < -0.39 is 148 Å². The molecule has 0 bridgehead atoms. The van der Waals surface area contributed by atoms with E-state index in [1.54, 1.807) is 24.3 Å². The summed E-state index contributed by atoms with van der Waals surface area (Å²) in [4.78, 5) is 211. The summed E-state index contributed by atoms with van der Waals surface area (Å²) < 4.78 is 11.3. The van der Waals surface area contributed by atoms with Gasteiger partial charge in [-0.2, -0.15) is 0 Å². The number of benzene rings is 2. The smallest absolute Gasteiger partial charge is 0.335 e. The number of carboxylic acid groups (broad SMARTS) is 7. The molecule has 8 atom stereocenters. The van der Waals surface area contributed by atoms with Crippen LogP contribution in [0.2, 0.25) is 0 Å². The SMILES string of the molecule is CC(C)(N)C(=O)C[C@@H](CCCCNC(=O)[C@@H](N)CCCCCC(=O)CC[C@H](NC(=O)CC[C@H](CC(=O)CCCCCCCCCCOc1ccc(C(=O)O)cc1)C(=O)O)C(=O)O)C(=O)C[C@@H](CCCCNC(=O)[C@@H](N)CCCCNC(=O)CC[C@H](CC(=O)CC[C@H](NC(=O)CCCCCCCCCCOc1ccc(C(=O)O)cc1)C(=O)O)C(=O)O)C(=O)O. The van der Waals surface area contributed by atoms with Gasteiger partial charge in [-0.15, -0.1) is 0 Å². The minimum Gasteiger partial charge on any atom is -0.494 e. The third-order valence-corrected chi connectivity index (χ3v) is 21.5. The molecule has 5 amide bonds. The number of nitrogens with one attached hydrogen (secondary N) is 5. The lowest BCUT2D eigenvalue weighted by atomic mass is 9.83. The standard InChI is InChI=1S/C89H138N8O26/c1-89(2,92)76(102)59-62(28-20-23-52-94-80(106)71(90)32-18-15-17-30-66(98)41-47-73(87(118)119)97-79(105)50-40-65(86(116)117)56-67(99)31-16-11-7-3-5-9-13-26-54-122-69-43-35-60(36-44-69)82(108)109)75(101)58-63(84(112)113)29-21-24-53-95-81(107)72(91)33-22-25-51-93-77(103)49-39-64(85(114)115)57-68(100)42-48-74(88(120)121)96-78(104)34-19-12-8-4-6-10-14-27-55-123-70-45-37-61(38-46-70)83(110)111/h35-38,43-46,62-65,71-74H,3-34,39-42,47-59,90-92H2,1-2H3,(H,93,103)(H,94,106)(H,95,107)(H,96,104)(H,97,105)(H,108,109)(H,110,111)(H,112,113)(H,114,115)(H,116,117)(H,118,119)(H,120,121)/t62-,63-,64-,65-,71+,72+,73+,74+/m1/s1. The van der Waals surface area contributed by atoms with Crippen LogP contribution in [0.15, 0.2) is 48.5 Å². The molecule has 0 aliphatic rings. The molecule has 0 aliphatic heterocycles. The summed E-state index contributed by atoms with van der Waals surface area (Å²) in [6.07, 6.45) is 16.2. The number of amides is 5. The molecule has 34 nitrogen and oxygen atoms in total. The van der Waals surface area contributed by atoms with Crippen molar-refractivity contribution in [1.82, 2.24) is 26.6 Å². The number of rotatable bonds is 78. The van der Waals surface area contributed by atoms with Gasteiger partial charge in [0.2, 0.25) is 29.5 Å². The Morgan fingerprint density at radius 3 is 1.07 bits per heavy atom. The second-order valence-electron chi connectivity index (χ2n) is 32.7. The van der Waals surface area contributed by atoms with Gasteiger partial charge in [0.05, 0.1) is 59.7 Å². The van der Waals surface area contributed by atoms with Crippen molar-refractivity contribution in [3.05, 3.63) is 59.7 Å². The van der Waals surface area contributed by atoms with E-state index in [4.69, 9.17) is 36.9 Å². The van der Waals surface area contributed by atoms with E-state index in [1.807, 2.05) is 0 Å². The second-order valence-corrected chi connectivity index (χ2v) is 32.7. The highest BCUT2D eigenvalue weighted by Gasteiger charge is 2.33. The molecule has 0 radical (unpaired) electrons. The molecule has 18 N–H and O–H groups in total. The number of aromatic carboxylic acids is 2. The summed E-state index contributed by atoms with van der Waals surface area (Å²) in [5.41, 5.74) is 17.5. The van der Waals surface area contributed by atoms with Gasteiger partial charge in [0, 0.05) is 96.2 Å². The molecule has 0 spiro atoms. The molecule has 690 valence electrons. The number of nitrogens with two attached hydrogens (primary N) is 3. The normalized spacial score (nSPS) is 13.2. The van der Waals surface area contributed by atoms with Crippen LogP contribution in [-0.2, 0) is 71.9 Å². The number of ether oxygens (including phenoxy) is 2. The molecule has 0 heterocycles. The van der Waals surface area contributed by atoms with Gasteiger partial charge in [-0.1, -0.05) is 103 Å². The predicted octanol–water partition coefficient (Wildman–Crippen LogP) is 10.1. The van der Waals surface area contributed by atoms with Crippen molar-refractivity contribution in [3.8, 4) is 11.5 Å². The Morgan fingerprint density at radius 1 is 0.325 bits per heavy atom. The summed E-state index contributed by atoms with van der Waals surface area (Å²) >= 11 is 0. The number of Topliss-reactive ketones (excluding diaryl/α,β-unsaturated/α-hetero) is 5. The fourth-order valence-electron chi connectivity index (χ4n) is 13.7. The third kappa shape index (κ3) is 52.9. The first-order chi connectivity index (χ1) is 58.5. The van der Waals surface area contributed by atoms with Crippen molar-refractivity contribution in [2.75, 3.05) is 32.8 Å². The summed E-state index contributed by atoms with van der Waals surface area (Å²) in [7, 11) is 0. The maximum atomic E-state index is 13.7. The number of carbonyl (C=O) groups excluding carboxylic acids is 10. The van der Waals surface area contributed by atoms with Crippen molar-refractivity contribution in [2.45, 2.75) is 326 Å². The molecule has 2 rings (SSSR count). The zero-order chi connectivity index (χ0) is 91.5. The van der Waals surface area contributed by atoms with E-state index in [9.17, 15) is 107 Å². The largest absolute Gasteiger partial charge is 0.494 e. The molecule has 0 aromatic heterocycles. The van der Waals surface area contributed by atoms with E-state index in [-0.39, 0.29) is 151 Å². The summed E-state index contributed by atoms with van der Waals surface area (Å²) in [5, 5.41) is 80.2. The van der Waals surface area contributed by atoms with E-state index in [1.165, 1.54) is 38.1 Å². The lowest BCUT2D eigenvalue weighted by Gasteiger charge is -2.23. The lowest BCUT2D eigenvalue weighted by molar-refractivity contribution is -0.145. The van der Waals surface area contributed by atoms with Crippen LogP contribution in [0, 0.1) is 23.7 Å². The number of unbranched alkanes of at least 4 members (excludes halogenated alkanes) is 19. The molecular weight excluding hydrogens is 1600 g/mol. The fourth-order valence-corrected chi connectivity index (χ4v) is 13.7. The highest BCUT2D eigenvalue weighted by Crippen LogP contribution is 2.26. The highest BCUT2D eigenvalue weighted by molar-refractivity contribution is 5.94. The molecule has 123 heavy (non-hydrogen) atoms. The first-order valence-electron chi connectivity index (χ1n) is 43.9.